The molecule has 0 spiro atoms. The number of nitriles is 1. The number of Topliss-reactive ketones (excluding diaryl/α,β-unsaturated/α-hetero) is 1. The van der Waals surface area contributed by atoms with E-state index in [1.807, 2.05) is 6.07 Å². The van der Waals surface area contributed by atoms with Crippen molar-refractivity contribution in [2.75, 3.05) is 0 Å². The molecule has 0 saturated carbocycles. The molecule has 1 aromatic rings. The fraction of sp³-hybridized carbons (Fsp3) is 0.500. The van der Waals surface area contributed by atoms with Crippen molar-refractivity contribution in [1.82, 2.24) is 5.32 Å². The number of piperidine rings is 1. The van der Waals surface area contributed by atoms with Gasteiger partial charge in [-0.25, -0.2) is 4.39 Å². The molecule has 1 N–H and O–H groups in total. The molecule has 3 rings (SSSR count). The predicted octanol–water partition coefficient (Wildman–Crippen LogP) is 2.61. The summed E-state index contributed by atoms with van der Waals surface area (Å²) in [5.74, 6) is -0.393. The number of halogens is 1. The molecule has 2 unspecified atom stereocenters. The molecule has 4 heteroatoms. The van der Waals surface area contributed by atoms with Crippen LogP contribution >= 0.6 is 0 Å². The minimum atomic E-state index is -0.450. The summed E-state index contributed by atoms with van der Waals surface area (Å²) < 4.78 is 13.8. The summed E-state index contributed by atoms with van der Waals surface area (Å²) in [6.45, 7) is 0. The van der Waals surface area contributed by atoms with Crippen LogP contribution in [0.4, 0.5) is 4.39 Å². The van der Waals surface area contributed by atoms with Crippen molar-refractivity contribution in [1.29, 1.82) is 5.26 Å². The maximum absolute atomic E-state index is 13.8. The number of carbonyl (C=O) groups is 1. The molecule has 0 aliphatic carbocycles. The van der Waals surface area contributed by atoms with E-state index in [1.54, 1.807) is 12.1 Å². The molecule has 2 saturated heterocycles. The van der Waals surface area contributed by atoms with Gasteiger partial charge in [0.2, 0.25) is 0 Å². The molecule has 0 radical (unpaired) electrons. The first-order valence-electron chi connectivity index (χ1n) is 7.13. The molecule has 2 fully saturated rings. The lowest BCUT2D eigenvalue weighted by molar-refractivity contribution is 0.0875. The van der Waals surface area contributed by atoms with Gasteiger partial charge >= 0.3 is 0 Å². The number of nitrogens with one attached hydrogen (secondary N) is 1. The molecule has 2 bridgehead atoms. The fourth-order valence-corrected chi connectivity index (χ4v) is 3.44. The van der Waals surface area contributed by atoms with Crippen molar-refractivity contribution >= 4 is 5.78 Å². The third kappa shape index (κ3) is 2.46. The maximum Gasteiger partial charge on any atom is 0.166 e. The van der Waals surface area contributed by atoms with Crippen LogP contribution in [0, 0.1) is 23.1 Å². The summed E-state index contributed by atoms with van der Waals surface area (Å²) in [6.07, 6.45) is 4.04. The van der Waals surface area contributed by atoms with Crippen molar-refractivity contribution in [2.45, 2.75) is 44.2 Å². The standard InChI is InChI=1S/C16H17FN2O/c17-15-9-11(2-1-10(15)5-6-18)16(20)12-7-13-3-4-14(8-12)19-13/h1-2,9,12-14,19H,3-5,7-8H2. The van der Waals surface area contributed by atoms with E-state index in [0.29, 0.717) is 23.2 Å². The monoisotopic (exact) mass is 272 g/mol. The minimum Gasteiger partial charge on any atom is -0.311 e. The van der Waals surface area contributed by atoms with Gasteiger partial charge in [-0.2, -0.15) is 5.26 Å². The second-order valence-electron chi connectivity index (χ2n) is 5.81. The average molecular weight is 272 g/mol. The Labute approximate surface area is 117 Å². The highest BCUT2D eigenvalue weighted by Crippen LogP contribution is 2.33. The Balaban J connectivity index is 1.77. The zero-order chi connectivity index (χ0) is 14.1. The van der Waals surface area contributed by atoms with Crippen molar-refractivity contribution in [3.8, 4) is 6.07 Å². The summed E-state index contributed by atoms with van der Waals surface area (Å²) in [6, 6.07) is 7.32. The van der Waals surface area contributed by atoms with E-state index in [-0.39, 0.29) is 18.1 Å². The molecule has 0 amide bonds. The first kappa shape index (κ1) is 13.3. The van der Waals surface area contributed by atoms with E-state index in [0.717, 1.165) is 25.7 Å². The number of hydrogen-bond donors (Lipinski definition) is 1. The van der Waals surface area contributed by atoms with Gasteiger partial charge in [-0.1, -0.05) is 12.1 Å². The summed E-state index contributed by atoms with van der Waals surface area (Å²) >= 11 is 0. The van der Waals surface area contributed by atoms with E-state index in [2.05, 4.69) is 5.32 Å². The minimum absolute atomic E-state index is 0.00923. The summed E-state index contributed by atoms with van der Waals surface area (Å²) in [4.78, 5) is 12.5. The van der Waals surface area contributed by atoms with Crippen molar-refractivity contribution in [3.63, 3.8) is 0 Å². The predicted molar refractivity (Wildman–Crippen MR) is 72.7 cm³/mol. The van der Waals surface area contributed by atoms with E-state index < -0.39 is 5.82 Å². The third-order valence-electron chi connectivity index (χ3n) is 4.45. The Morgan fingerprint density at radius 2 is 2.05 bits per heavy atom. The molecule has 3 nitrogen and oxygen atoms in total. The van der Waals surface area contributed by atoms with Crippen LogP contribution in [0.2, 0.25) is 0 Å². The number of carbonyl (C=O) groups excluding carboxylic acids is 1. The first-order chi connectivity index (χ1) is 9.67. The molecule has 2 heterocycles. The number of rotatable bonds is 3. The summed E-state index contributed by atoms with van der Waals surface area (Å²) in [5, 5.41) is 12.1. The van der Waals surface area contributed by atoms with Gasteiger partial charge < -0.3 is 5.32 Å². The van der Waals surface area contributed by atoms with Crippen LogP contribution in [0.5, 0.6) is 0 Å². The highest BCUT2D eigenvalue weighted by Gasteiger charge is 2.36. The number of fused-ring (bicyclic) bond motifs is 2. The molecular formula is C16H17FN2O. The lowest BCUT2D eigenvalue weighted by Gasteiger charge is -2.28. The molecule has 104 valence electrons. The van der Waals surface area contributed by atoms with E-state index >= 15 is 0 Å². The van der Waals surface area contributed by atoms with Gasteiger partial charge in [0, 0.05) is 29.1 Å². The largest absolute Gasteiger partial charge is 0.311 e. The number of hydrogen-bond acceptors (Lipinski definition) is 3. The maximum atomic E-state index is 13.8. The number of ketones is 1. The highest BCUT2D eigenvalue weighted by atomic mass is 19.1. The topological polar surface area (TPSA) is 52.9 Å². The lowest BCUT2D eigenvalue weighted by atomic mass is 9.85. The molecule has 20 heavy (non-hydrogen) atoms. The second-order valence-corrected chi connectivity index (χ2v) is 5.81. The summed E-state index contributed by atoms with van der Waals surface area (Å²) in [7, 11) is 0. The Morgan fingerprint density at radius 1 is 1.35 bits per heavy atom. The van der Waals surface area contributed by atoms with Crippen LogP contribution in [-0.4, -0.2) is 17.9 Å². The van der Waals surface area contributed by atoms with E-state index in [4.69, 9.17) is 5.26 Å². The average Bonchev–Trinajstić information content (AvgIpc) is 2.79. The Bertz CT molecular complexity index is 566. The van der Waals surface area contributed by atoms with Gasteiger partial charge in [0.15, 0.2) is 5.78 Å². The van der Waals surface area contributed by atoms with Gasteiger partial charge in [0.25, 0.3) is 0 Å². The Hall–Kier alpha value is -1.73. The van der Waals surface area contributed by atoms with Crippen molar-refractivity contribution in [2.24, 2.45) is 5.92 Å². The fourth-order valence-electron chi connectivity index (χ4n) is 3.44. The zero-order valence-electron chi connectivity index (χ0n) is 11.2. The first-order valence-corrected chi connectivity index (χ1v) is 7.13. The highest BCUT2D eigenvalue weighted by molar-refractivity contribution is 5.98. The SMILES string of the molecule is N#CCc1ccc(C(=O)C2CC3CCC(C2)N3)cc1F. The number of benzene rings is 1. The Kier molecular flexibility index (Phi) is 3.54. The van der Waals surface area contributed by atoms with E-state index in [9.17, 15) is 9.18 Å². The van der Waals surface area contributed by atoms with Crippen LogP contribution in [0.15, 0.2) is 18.2 Å². The summed E-state index contributed by atoms with van der Waals surface area (Å²) in [5.41, 5.74) is 0.796. The lowest BCUT2D eigenvalue weighted by Crippen LogP contribution is -2.40. The van der Waals surface area contributed by atoms with Crippen molar-refractivity contribution < 1.29 is 9.18 Å². The van der Waals surface area contributed by atoms with Gasteiger partial charge in [0.05, 0.1) is 12.5 Å². The smallest absolute Gasteiger partial charge is 0.166 e. The van der Waals surface area contributed by atoms with Crippen LogP contribution in [-0.2, 0) is 6.42 Å². The molecule has 1 aromatic carbocycles. The molecule has 2 atom stereocenters. The van der Waals surface area contributed by atoms with Crippen LogP contribution in [0.3, 0.4) is 0 Å². The van der Waals surface area contributed by atoms with Gasteiger partial charge in [-0.3, -0.25) is 4.79 Å². The van der Waals surface area contributed by atoms with Gasteiger partial charge in [0.1, 0.15) is 5.82 Å². The zero-order valence-corrected chi connectivity index (χ0v) is 11.2. The third-order valence-corrected chi connectivity index (χ3v) is 4.45. The van der Waals surface area contributed by atoms with Crippen LogP contribution < -0.4 is 5.32 Å². The van der Waals surface area contributed by atoms with Gasteiger partial charge in [-0.05, 0) is 31.7 Å². The molecule has 2 aliphatic heterocycles. The Morgan fingerprint density at radius 3 is 2.65 bits per heavy atom. The molecule has 2 aliphatic rings. The molecule has 0 aromatic heterocycles. The van der Waals surface area contributed by atoms with Crippen molar-refractivity contribution in [3.05, 3.63) is 35.1 Å². The van der Waals surface area contributed by atoms with Gasteiger partial charge in [-0.15, -0.1) is 0 Å². The van der Waals surface area contributed by atoms with Crippen LogP contribution in [0.25, 0.3) is 0 Å². The van der Waals surface area contributed by atoms with Crippen LogP contribution in [0.1, 0.15) is 41.6 Å². The number of nitrogens with zero attached hydrogens (tertiary/aromatic N) is 1. The quantitative estimate of drug-likeness (QED) is 0.860. The molecular weight excluding hydrogens is 255 g/mol. The van der Waals surface area contributed by atoms with E-state index in [1.165, 1.54) is 6.07 Å². The normalized spacial score (nSPS) is 28.1. The second kappa shape index (κ2) is 5.34.